The molecule has 12 heteroatoms. The molecule has 0 amide bonds. The average molecular weight is 523 g/mol. The van der Waals surface area contributed by atoms with Gasteiger partial charge < -0.3 is 30.6 Å². The molecule has 0 aromatic heterocycles. The van der Waals surface area contributed by atoms with E-state index >= 15 is 0 Å². The molecular weight excluding hydrogens is 480 g/mol. The third-order valence-corrected chi connectivity index (χ3v) is 4.25. The summed E-state index contributed by atoms with van der Waals surface area (Å²) in [6.45, 7) is 6.71. The van der Waals surface area contributed by atoms with Crippen LogP contribution in [0.5, 0.6) is 0 Å². The molecule has 0 saturated carbocycles. The summed E-state index contributed by atoms with van der Waals surface area (Å²) >= 11 is 12.0. The first-order valence-electron chi connectivity index (χ1n) is 10.1. The maximum atomic E-state index is 9.87. The Morgan fingerprint density at radius 2 is 0.812 bits per heavy atom. The van der Waals surface area contributed by atoms with Crippen LogP contribution in [-0.4, -0.2) is 84.1 Å². The van der Waals surface area contributed by atoms with Crippen molar-refractivity contribution in [1.82, 2.24) is 0 Å². The largest absolute Gasteiger partial charge is 0.481 e. The Morgan fingerprint density at radius 3 is 0.844 bits per heavy atom. The minimum absolute atomic E-state index is 0.181. The summed E-state index contributed by atoms with van der Waals surface area (Å²) < 4.78 is 0. The number of aliphatic carboxylic acids is 3. The van der Waals surface area contributed by atoms with Crippen molar-refractivity contribution < 1.29 is 45.0 Å². The van der Waals surface area contributed by atoms with E-state index in [9.17, 15) is 14.4 Å². The van der Waals surface area contributed by atoms with Crippen molar-refractivity contribution in [3.05, 3.63) is 0 Å². The number of hydrogen-bond acceptors (Lipinski definition) is 9. The van der Waals surface area contributed by atoms with Crippen LogP contribution in [0.15, 0.2) is 0 Å². The maximum Gasteiger partial charge on any atom is 0.303 e. The van der Waals surface area contributed by atoms with Gasteiger partial charge in [-0.25, -0.2) is 0 Å². The number of thiol groups is 3. The Kier molecular flexibility index (Phi) is 30.1. The molecule has 32 heavy (non-hydrogen) atoms. The first kappa shape index (κ1) is 38.6. The van der Waals surface area contributed by atoms with E-state index in [2.05, 4.69) is 37.9 Å². The molecule has 0 aromatic carbocycles. The van der Waals surface area contributed by atoms with E-state index in [0.717, 1.165) is 0 Å². The lowest BCUT2D eigenvalue weighted by Crippen LogP contribution is -2.29. The monoisotopic (exact) mass is 522 g/mol. The van der Waals surface area contributed by atoms with Crippen molar-refractivity contribution in [3.8, 4) is 0 Å². The van der Waals surface area contributed by atoms with Gasteiger partial charge in [0, 0.05) is 24.7 Å². The number of hydrogen-bond donors (Lipinski definition) is 9. The zero-order valence-electron chi connectivity index (χ0n) is 19.3. The van der Waals surface area contributed by atoms with Crippen molar-refractivity contribution in [2.45, 2.75) is 82.0 Å². The number of rotatable bonds is 12. The molecule has 0 rings (SSSR count). The lowest BCUT2D eigenvalue weighted by atomic mass is 9.95. The highest BCUT2D eigenvalue weighted by Gasteiger charge is 2.20. The first-order valence-corrected chi connectivity index (χ1v) is 11.6. The summed E-state index contributed by atoms with van der Waals surface area (Å²) in [4.78, 5) is 29.6. The summed E-state index contributed by atoms with van der Waals surface area (Å²) in [5, 5.41) is 50.4. The van der Waals surface area contributed by atoms with Crippen molar-refractivity contribution in [2.24, 2.45) is 5.41 Å². The molecule has 0 radical (unpaired) electrons. The van der Waals surface area contributed by atoms with Gasteiger partial charge in [0.2, 0.25) is 0 Å². The van der Waals surface area contributed by atoms with Crippen LogP contribution in [0.25, 0.3) is 0 Å². The van der Waals surface area contributed by atoms with Gasteiger partial charge >= 0.3 is 17.9 Å². The number of carboxylic acids is 3. The number of aliphatic hydroxyl groups is 3. The normalized spacial score (nSPS) is 12.9. The lowest BCUT2D eigenvalue weighted by molar-refractivity contribution is -0.138. The lowest BCUT2D eigenvalue weighted by Gasteiger charge is -2.20. The highest BCUT2D eigenvalue weighted by Crippen LogP contribution is 2.11. The van der Waals surface area contributed by atoms with Crippen LogP contribution in [0.3, 0.4) is 0 Å². The fourth-order valence-corrected chi connectivity index (χ4v) is 1.53. The van der Waals surface area contributed by atoms with Crippen LogP contribution in [0.4, 0.5) is 0 Å². The highest BCUT2D eigenvalue weighted by molar-refractivity contribution is 7.81. The van der Waals surface area contributed by atoms with Gasteiger partial charge in [-0.1, -0.05) is 27.7 Å². The van der Waals surface area contributed by atoms with E-state index in [4.69, 9.17) is 30.6 Å². The van der Waals surface area contributed by atoms with Gasteiger partial charge in [-0.05, 0) is 35.0 Å². The van der Waals surface area contributed by atoms with Gasteiger partial charge in [-0.15, -0.1) is 0 Å². The molecule has 9 nitrogen and oxygen atoms in total. The van der Waals surface area contributed by atoms with E-state index in [1.807, 2.05) is 20.8 Å². The zero-order valence-corrected chi connectivity index (χ0v) is 22.0. The molecule has 0 aromatic rings. The van der Waals surface area contributed by atoms with Gasteiger partial charge in [0.15, 0.2) is 0 Å². The second-order valence-corrected chi connectivity index (χ2v) is 10.3. The average Bonchev–Trinajstić information content (AvgIpc) is 2.70. The van der Waals surface area contributed by atoms with Gasteiger partial charge in [0.1, 0.15) is 0 Å². The third kappa shape index (κ3) is 43.3. The smallest absolute Gasteiger partial charge is 0.303 e. The van der Waals surface area contributed by atoms with Gasteiger partial charge in [0.05, 0.1) is 19.8 Å². The van der Waals surface area contributed by atoms with E-state index < -0.39 is 23.3 Å². The molecule has 3 atom stereocenters. The Morgan fingerprint density at radius 1 is 0.625 bits per heavy atom. The minimum Gasteiger partial charge on any atom is -0.481 e. The molecule has 3 unspecified atom stereocenters. The van der Waals surface area contributed by atoms with Crippen LogP contribution in [-0.2, 0) is 14.4 Å². The molecule has 0 bridgehead atoms. The zero-order chi connectivity index (χ0) is 26.3. The summed E-state index contributed by atoms with van der Waals surface area (Å²) in [6.07, 6.45) is 2.63. The topological polar surface area (TPSA) is 173 Å². The number of carboxylic acid groups (broad SMARTS) is 3. The standard InChI is InChI=1S/C5H12O3.3C5H10O2S/c1-5(2-6,3-7)4-8;3*1-4(8)2-3-5(6)7/h6-8H,2-4H2,1H3;3*4,8H,2-3H2,1H3,(H,6,7). The Labute approximate surface area is 207 Å². The number of carbonyl (C=O) groups is 3. The van der Waals surface area contributed by atoms with Gasteiger partial charge in [-0.3, -0.25) is 14.4 Å². The second kappa shape index (κ2) is 25.0. The van der Waals surface area contributed by atoms with Crippen LogP contribution < -0.4 is 0 Å². The molecule has 0 aliphatic rings. The molecule has 0 aliphatic heterocycles. The first-order chi connectivity index (χ1) is 14.6. The molecule has 6 N–H and O–H groups in total. The van der Waals surface area contributed by atoms with Crippen LogP contribution in [0, 0.1) is 5.41 Å². The summed E-state index contributed by atoms with van der Waals surface area (Å²) in [7, 11) is 0. The van der Waals surface area contributed by atoms with E-state index in [0.29, 0.717) is 19.3 Å². The Hall–Kier alpha value is -0.660. The Balaban J connectivity index is -0.000000163. The molecule has 194 valence electrons. The fourth-order valence-electron chi connectivity index (χ4n) is 1.15. The summed E-state index contributed by atoms with van der Waals surface area (Å²) in [6, 6.07) is 0. The van der Waals surface area contributed by atoms with Crippen molar-refractivity contribution >= 4 is 55.8 Å². The molecule has 0 saturated heterocycles. The quantitative estimate of drug-likeness (QED) is 0.175. The maximum absolute atomic E-state index is 9.87. The van der Waals surface area contributed by atoms with E-state index in [1.54, 1.807) is 6.92 Å². The highest BCUT2D eigenvalue weighted by atomic mass is 32.1. The molecular formula is C20H42O9S3. The minimum atomic E-state index is -0.745. The van der Waals surface area contributed by atoms with Crippen LogP contribution in [0.2, 0.25) is 0 Å². The number of aliphatic hydroxyl groups excluding tert-OH is 3. The molecule has 0 spiro atoms. The second-order valence-electron chi connectivity index (χ2n) is 7.63. The van der Waals surface area contributed by atoms with Crippen LogP contribution in [0.1, 0.15) is 66.2 Å². The summed E-state index contributed by atoms with van der Waals surface area (Å²) in [5.74, 6) is -2.23. The van der Waals surface area contributed by atoms with Crippen molar-refractivity contribution in [3.63, 3.8) is 0 Å². The SMILES string of the molecule is CC(CO)(CO)CO.CC(S)CCC(=O)O.CC(S)CCC(=O)O.CC(S)CCC(=O)O. The third-order valence-electron chi connectivity index (χ3n) is 3.47. The van der Waals surface area contributed by atoms with Gasteiger partial charge in [0.25, 0.3) is 0 Å². The van der Waals surface area contributed by atoms with Crippen LogP contribution >= 0.6 is 37.9 Å². The summed E-state index contributed by atoms with van der Waals surface area (Å²) in [5.41, 5.74) is -0.708. The molecule has 0 fully saturated rings. The predicted molar refractivity (Wildman–Crippen MR) is 135 cm³/mol. The van der Waals surface area contributed by atoms with E-state index in [-0.39, 0.29) is 54.8 Å². The Bertz CT molecular complexity index is 409. The fraction of sp³-hybridized carbons (Fsp3) is 0.850. The molecule has 0 heterocycles. The van der Waals surface area contributed by atoms with E-state index in [1.165, 1.54) is 0 Å². The molecule has 0 aliphatic carbocycles. The predicted octanol–water partition coefficient (Wildman–Crippen LogP) is 2.48. The van der Waals surface area contributed by atoms with Crippen molar-refractivity contribution in [2.75, 3.05) is 19.8 Å². The van der Waals surface area contributed by atoms with Crippen molar-refractivity contribution in [1.29, 1.82) is 0 Å². The van der Waals surface area contributed by atoms with Gasteiger partial charge in [-0.2, -0.15) is 37.9 Å².